The zero-order valence-corrected chi connectivity index (χ0v) is 17.6. The second-order valence-electron chi connectivity index (χ2n) is 7.13. The van der Waals surface area contributed by atoms with E-state index in [4.69, 9.17) is 34.4 Å². The Balaban J connectivity index is 1.76. The number of carbonyl (C=O) groups excluding carboxylic acids is 1. The predicted molar refractivity (Wildman–Crippen MR) is 116 cm³/mol. The number of rotatable bonds is 2. The molecule has 30 heavy (non-hydrogen) atoms. The highest BCUT2D eigenvalue weighted by Gasteiger charge is 2.34. The standard InChI is InChI=1S/C22H19Cl2N3O3/c1-3-15-20(19-14(23)6-5-7-17(19)28)21(24)22-16(25-15)11-26-8-9-27(18(29)4-2)10-13(26)12-30-22/h1,4-7,13,28H,2,8-12H2/t13-/m0/s1. The van der Waals surface area contributed by atoms with Crippen LogP contribution in [0.4, 0.5) is 0 Å². The molecule has 1 N–H and O–H groups in total. The molecule has 1 aromatic heterocycles. The van der Waals surface area contributed by atoms with Crippen molar-refractivity contribution in [1.82, 2.24) is 14.8 Å². The summed E-state index contributed by atoms with van der Waals surface area (Å²) in [5.74, 6) is 2.83. The van der Waals surface area contributed by atoms with Gasteiger partial charge in [0.1, 0.15) is 18.1 Å². The van der Waals surface area contributed by atoms with Crippen LogP contribution in [0.15, 0.2) is 30.9 Å². The van der Waals surface area contributed by atoms with Gasteiger partial charge in [0, 0.05) is 37.3 Å². The average Bonchev–Trinajstić information content (AvgIpc) is 2.93. The van der Waals surface area contributed by atoms with Gasteiger partial charge in [0.15, 0.2) is 5.75 Å². The summed E-state index contributed by atoms with van der Waals surface area (Å²) in [4.78, 5) is 20.6. The second-order valence-corrected chi connectivity index (χ2v) is 7.91. The van der Waals surface area contributed by atoms with E-state index in [1.54, 1.807) is 17.0 Å². The number of fused-ring (bicyclic) bond motifs is 2. The van der Waals surface area contributed by atoms with Gasteiger partial charge < -0.3 is 14.7 Å². The number of piperazine rings is 1. The van der Waals surface area contributed by atoms with Crippen LogP contribution in [-0.4, -0.2) is 58.1 Å². The molecule has 0 spiro atoms. The number of pyridine rings is 1. The highest BCUT2D eigenvalue weighted by atomic mass is 35.5. The maximum Gasteiger partial charge on any atom is 0.246 e. The lowest BCUT2D eigenvalue weighted by atomic mass is 10.0. The largest absolute Gasteiger partial charge is 0.507 e. The van der Waals surface area contributed by atoms with Gasteiger partial charge in [-0.3, -0.25) is 9.69 Å². The molecule has 2 aromatic rings. The molecule has 0 saturated carbocycles. The fourth-order valence-electron chi connectivity index (χ4n) is 3.89. The molecule has 0 aliphatic carbocycles. The summed E-state index contributed by atoms with van der Waals surface area (Å²) in [6.07, 6.45) is 7.05. The third kappa shape index (κ3) is 3.50. The van der Waals surface area contributed by atoms with Crippen molar-refractivity contribution in [2.75, 3.05) is 26.2 Å². The number of carbonyl (C=O) groups is 1. The topological polar surface area (TPSA) is 65.9 Å². The summed E-state index contributed by atoms with van der Waals surface area (Å²) in [7, 11) is 0. The third-order valence-electron chi connectivity index (χ3n) is 5.41. The number of ether oxygens (including phenoxy) is 1. The van der Waals surface area contributed by atoms with E-state index in [1.807, 2.05) is 0 Å². The molecule has 6 nitrogen and oxygen atoms in total. The van der Waals surface area contributed by atoms with Crippen molar-refractivity contribution in [1.29, 1.82) is 0 Å². The Labute approximate surface area is 184 Å². The zero-order valence-electron chi connectivity index (χ0n) is 16.1. The minimum atomic E-state index is -0.0985. The second kappa shape index (κ2) is 8.19. The van der Waals surface area contributed by atoms with Crippen LogP contribution < -0.4 is 4.74 Å². The first-order chi connectivity index (χ1) is 14.4. The van der Waals surface area contributed by atoms with Crippen LogP contribution in [0.2, 0.25) is 10.0 Å². The van der Waals surface area contributed by atoms with Crippen molar-refractivity contribution in [2.24, 2.45) is 0 Å². The molecule has 0 unspecified atom stereocenters. The number of aromatic nitrogens is 1. The van der Waals surface area contributed by atoms with Crippen LogP contribution >= 0.6 is 23.2 Å². The highest BCUT2D eigenvalue weighted by molar-refractivity contribution is 6.38. The quantitative estimate of drug-likeness (QED) is 0.569. The molecule has 1 saturated heterocycles. The lowest BCUT2D eigenvalue weighted by Gasteiger charge is -2.39. The van der Waals surface area contributed by atoms with Crippen LogP contribution in [-0.2, 0) is 11.3 Å². The molecule has 8 heteroatoms. The molecule has 4 rings (SSSR count). The Morgan fingerprint density at radius 2 is 2.17 bits per heavy atom. The van der Waals surface area contributed by atoms with Gasteiger partial charge in [-0.15, -0.1) is 6.42 Å². The van der Waals surface area contributed by atoms with Crippen molar-refractivity contribution in [2.45, 2.75) is 12.6 Å². The van der Waals surface area contributed by atoms with E-state index < -0.39 is 0 Å². The molecule has 0 radical (unpaired) electrons. The van der Waals surface area contributed by atoms with Gasteiger partial charge in [-0.05, 0) is 24.1 Å². The van der Waals surface area contributed by atoms with Gasteiger partial charge in [0.2, 0.25) is 5.91 Å². The van der Waals surface area contributed by atoms with Gasteiger partial charge in [0.25, 0.3) is 0 Å². The number of phenols is 1. The number of aromatic hydroxyl groups is 1. The van der Waals surface area contributed by atoms with Crippen molar-refractivity contribution < 1.29 is 14.6 Å². The Kier molecular flexibility index (Phi) is 5.61. The summed E-state index contributed by atoms with van der Waals surface area (Å²) in [6.45, 7) is 6.17. The maximum absolute atomic E-state index is 12.0. The molecule has 1 amide bonds. The molecule has 1 aromatic carbocycles. The van der Waals surface area contributed by atoms with Gasteiger partial charge in [0.05, 0.1) is 21.8 Å². The van der Waals surface area contributed by atoms with Crippen LogP contribution in [0.1, 0.15) is 11.4 Å². The SMILES string of the molecule is C#Cc1nc2c(c(Cl)c1-c1c(O)cccc1Cl)OC[C@@H]1CN(C(=O)C=C)CCN1C2. The van der Waals surface area contributed by atoms with E-state index in [0.717, 1.165) is 0 Å². The van der Waals surface area contributed by atoms with Crippen molar-refractivity contribution in [3.63, 3.8) is 0 Å². The molecular formula is C22H19Cl2N3O3. The summed E-state index contributed by atoms with van der Waals surface area (Å²) in [5.41, 5.74) is 1.59. The van der Waals surface area contributed by atoms with Crippen LogP contribution in [0, 0.1) is 12.3 Å². The molecule has 1 atom stereocenters. The normalized spacial score (nSPS) is 18.4. The fourth-order valence-corrected chi connectivity index (χ4v) is 4.50. The minimum absolute atomic E-state index is 0.0145. The molecular weight excluding hydrogens is 425 g/mol. The lowest BCUT2D eigenvalue weighted by molar-refractivity contribution is -0.129. The Morgan fingerprint density at radius 3 is 2.87 bits per heavy atom. The Hall–Kier alpha value is -2.72. The molecule has 3 heterocycles. The zero-order chi connectivity index (χ0) is 21.4. The van der Waals surface area contributed by atoms with E-state index in [1.165, 1.54) is 12.1 Å². The van der Waals surface area contributed by atoms with Crippen LogP contribution in [0.3, 0.4) is 0 Å². The van der Waals surface area contributed by atoms with E-state index >= 15 is 0 Å². The van der Waals surface area contributed by atoms with Crippen LogP contribution in [0.5, 0.6) is 11.5 Å². The minimum Gasteiger partial charge on any atom is -0.507 e. The third-order valence-corrected chi connectivity index (χ3v) is 6.08. The first-order valence-electron chi connectivity index (χ1n) is 9.39. The number of nitrogens with zero attached hydrogens (tertiary/aromatic N) is 3. The van der Waals surface area contributed by atoms with E-state index in [-0.39, 0.29) is 28.4 Å². The lowest BCUT2D eigenvalue weighted by Crippen LogP contribution is -2.55. The summed E-state index contributed by atoms with van der Waals surface area (Å²) in [5, 5.41) is 11.0. The number of hydrogen-bond donors (Lipinski definition) is 1. The van der Waals surface area contributed by atoms with Gasteiger partial charge in [-0.1, -0.05) is 35.8 Å². The molecule has 1 fully saturated rings. The fraction of sp³-hybridized carbons (Fsp3) is 0.273. The Bertz CT molecular complexity index is 1060. The molecule has 0 bridgehead atoms. The predicted octanol–water partition coefficient (Wildman–Crippen LogP) is 3.33. The van der Waals surface area contributed by atoms with Crippen LogP contribution in [0.25, 0.3) is 11.1 Å². The first-order valence-corrected chi connectivity index (χ1v) is 10.1. The van der Waals surface area contributed by atoms with Crippen molar-refractivity contribution in [3.8, 4) is 35.0 Å². The van der Waals surface area contributed by atoms with E-state index in [9.17, 15) is 9.90 Å². The van der Waals surface area contributed by atoms with Crippen molar-refractivity contribution >= 4 is 29.1 Å². The summed E-state index contributed by atoms with van der Waals surface area (Å²) < 4.78 is 6.06. The summed E-state index contributed by atoms with van der Waals surface area (Å²) >= 11 is 13.1. The van der Waals surface area contributed by atoms with E-state index in [2.05, 4.69) is 22.4 Å². The number of benzene rings is 1. The number of phenolic OH excluding ortho intramolecular Hbond substituents is 1. The van der Waals surface area contributed by atoms with Crippen molar-refractivity contribution in [3.05, 3.63) is 52.3 Å². The Morgan fingerprint density at radius 1 is 1.37 bits per heavy atom. The first kappa shape index (κ1) is 20.5. The molecule has 2 aliphatic rings. The summed E-state index contributed by atoms with van der Waals surface area (Å²) in [6, 6.07) is 4.77. The van der Waals surface area contributed by atoms with Gasteiger partial charge in [-0.25, -0.2) is 4.98 Å². The average molecular weight is 444 g/mol. The molecule has 154 valence electrons. The number of hydrogen-bond acceptors (Lipinski definition) is 5. The number of amides is 1. The monoisotopic (exact) mass is 443 g/mol. The van der Waals surface area contributed by atoms with Gasteiger partial charge in [-0.2, -0.15) is 0 Å². The van der Waals surface area contributed by atoms with Gasteiger partial charge >= 0.3 is 0 Å². The van der Waals surface area contributed by atoms with E-state index in [0.29, 0.717) is 60.4 Å². The smallest absolute Gasteiger partial charge is 0.246 e. The highest BCUT2D eigenvalue weighted by Crippen LogP contribution is 2.46. The molecule has 2 aliphatic heterocycles. The number of terminal acetylenes is 1. The maximum atomic E-state index is 12.0. The number of halogens is 2.